The molecule has 0 N–H and O–H groups in total. The van der Waals surface area contributed by atoms with Crippen molar-refractivity contribution in [3.05, 3.63) is 75.3 Å². The fraction of sp³-hybridized carbons (Fsp3) is 0.269. The molecule has 4 heteroatoms. The van der Waals surface area contributed by atoms with Gasteiger partial charge in [-0.3, -0.25) is 0 Å². The van der Waals surface area contributed by atoms with E-state index in [0.29, 0.717) is 10.0 Å². The monoisotopic (exact) mass is 432 g/mol. The predicted octanol–water partition coefficient (Wildman–Crippen LogP) is 7.29. The molecule has 0 bridgehead atoms. The molecule has 3 aromatic rings. The van der Waals surface area contributed by atoms with Gasteiger partial charge in [0.2, 0.25) is 0 Å². The molecule has 0 spiro atoms. The second kappa shape index (κ2) is 7.99. The van der Waals surface area contributed by atoms with Gasteiger partial charge in [0.25, 0.3) is 0 Å². The molecule has 0 amide bonds. The molecule has 1 heterocycles. The molecular weight excluding hydrogens is 411 g/mol. The number of hydrogen-bond acceptors (Lipinski definition) is 2. The molecule has 2 aliphatic rings. The lowest BCUT2D eigenvalue weighted by molar-refractivity contribution is 0.576. The SMILES string of the molecule is N#Cc1c(-c2ccc(Cl)c(Cl)c2)cc2c(c1N1CCCCC1)CCc1ccccc1-2. The van der Waals surface area contributed by atoms with Gasteiger partial charge in [0, 0.05) is 18.7 Å². The van der Waals surface area contributed by atoms with Crippen molar-refractivity contribution in [3.8, 4) is 28.3 Å². The van der Waals surface area contributed by atoms with E-state index in [1.54, 1.807) is 0 Å². The van der Waals surface area contributed by atoms with Gasteiger partial charge in [-0.05, 0) is 78.1 Å². The van der Waals surface area contributed by atoms with E-state index in [1.807, 2.05) is 18.2 Å². The van der Waals surface area contributed by atoms with Crippen LogP contribution in [-0.2, 0) is 12.8 Å². The molecule has 3 aromatic carbocycles. The van der Waals surface area contributed by atoms with E-state index in [1.165, 1.54) is 41.5 Å². The van der Waals surface area contributed by atoms with Crippen LogP contribution in [0.25, 0.3) is 22.3 Å². The van der Waals surface area contributed by atoms with Gasteiger partial charge < -0.3 is 4.90 Å². The third-order valence-electron chi connectivity index (χ3n) is 6.37. The second-order valence-corrected chi connectivity index (χ2v) is 8.93. The number of piperidine rings is 1. The van der Waals surface area contributed by atoms with Crippen LogP contribution in [0.3, 0.4) is 0 Å². The van der Waals surface area contributed by atoms with Gasteiger partial charge in [-0.25, -0.2) is 0 Å². The van der Waals surface area contributed by atoms with E-state index in [4.69, 9.17) is 23.2 Å². The molecule has 5 rings (SSSR count). The summed E-state index contributed by atoms with van der Waals surface area (Å²) < 4.78 is 0. The minimum atomic E-state index is 0.510. The molecule has 1 aliphatic heterocycles. The third kappa shape index (κ3) is 3.27. The average Bonchev–Trinajstić information content (AvgIpc) is 2.80. The first-order valence-electron chi connectivity index (χ1n) is 10.6. The van der Waals surface area contributed by atoms with Crippen molar-refractivity contribution >= 4 is 28.9 Å². The summed E-state index contributed by atoms with van der Waals surface area (Å²) in [5.74, 6) is 0. The third-order valence-corrected chi connectivity index (χ3v) is 7.11. The van der Waals surface area contributed by atoms with E-state index in [2.05, 4.69) is 41.3 Å². The van der Waals surface area contributed by atoms with Crippen molar-refractivity contribution in [2.75, 3.05) is 18.0 Å². The van der Waals surface area contributed by atoms with Crippen LogP contribution in [0.1, 0.15) is 36.0 Å². The summed E-state index contributed by atoms with van der Waals surface area (Å²) in [6.45, 7) is 2.02. The molecule has 30 heavy (non-hydrogen) atoms. The van der Waals surface area contributed by atoms with E-state index < -0.39 is 0 Å². The standard InChI is InChI=1S/C26H22Cl2N2/c27-24-11-9-18(14-25(24)28)21-15-22-19-7-3-2-6-17(19)8-10-20(22)26(23(21)16-29)30-12-4-1-5-13-30/h2-3,6-7,9,11,14-15H,1,4-5,8,10,12-13H2. The van der Waals surface area contributed by atoms with Crippen LogP contribution >= 0.6 is 23.2 Å². The molecule has 1 fully saturated rings. The van der Waals surface area contributed by atoms with Gasteiger partial charge in [0.05, 0.1) is 21.3 Å². The van der Waals surface area contributed by atoms with Crippen LogP contribution in [0.4, 0.5) is 5.69 Å². The summed E-state index contributed by atoms with van der Waals surface area (Å²) in [6, 6.07) is 19.0. The van der Waals surface area contributed by atoms with Gasteiger partial charge in [0.15, 0.2) is 0 Å². The van der Waals surface area contributed by atoms with Crippen molar-refractivity contribution in [2.45, 2.75) is 32.1 Å². The highest BCUT2D eigenvalue weighted by Gasteiger charge is 2.27. The Morgan fingerprint density at radius 3 is 2.37 bits per heavy atom. The summed E-state index contributed by atoms with van der Waals surface area (Å²) >= 11 is 12.5. The molecule has 0 aromatic heterocycles. The van der Waals surface area contributed by atoms with Crippen molar-refractivity contribution < 1.29 is 0 Å². The Morgan fingerprint density at radius 1 is 0.800 bits per heavy atom. The molecule has 150 valence electrons. The predicted molar refractivity (Wildman–Crippen MR) is 126 cm³/mol. The fourth-order valence-electron chi connectivity index (χ4n) is 4.93. The highest BCUT2D eigenvalue weighted by Crippen LogP contribution is 2.45. The lowest BCUT2D eigenvalue weighted by Crippen LogP contribution is -2.31. The Morgan fingerprint density at radius 2 is 1.60 bits per heavy atom. The summed E-state index contributed by atoms with van der Waals surface area (Å²) in [7, 11) is 0. The van der Waals surface area contributed by atoms with Crippen molar-refractivity contribution in [3.63, 3.8) is 0 Å². The molecular formula is C26H22Cl2N2. The molecule has 0 radical (unpaired) electrons. The number of aryl methyl sites for hydroxylation is 1. The van der Waals surface area contributed by atoms with Gasteiger partial charge >= 0.3 is 0 Å². The highest BCUT2D eigenvalue weighted by atomic mass is 35.5. The minimum Gasteiger partial charge on any atom is -0.370 e. The average molecular weight is 433 g/mol. The maximum absolute atomic E-state index is 10.3. The Balaban J connectivity index is 1.81. The molecule has 0 saturated carbocycles. The lowest BCUT2D eigenvalue weighted by Gasteiger charge is -2.35. The first kappa shape index (κ1) is 19.5. The first-order valence-corrected chi connectivity index (χ1v) is 11.3. The quantitative estimate of drug-likeness (QED) is 0.424. The van der Waals surface area contributed by atoms with E-state index in [0.717, 1.165) is 48.3 Å². The zero-order valence-electron chi connectivity index (χ0n) is 16.7. The summed E-state index contributed by atoms with van der Waals surface area (Å²) in [5, 5.41) is 11.3. The topological polar surface area (TPSA) is 27.0 Å². The normalized spacial score (nSPS) is 15.3. The number of rotatable bonds is 2. The van der Waals surface area contributed by atoms with Gasteiger partial charge in [0.1, 0.15) is 6.07 Å². The lowest BCUT2D eigenvalue weighted by atomic mass is 9.80. The van der Waals surface area contributed by atoms with Crippen LogP contribution in [-0.4, -0.2) is 13.1 Å². The van der Waals surface area contributed by atoms with Gasteiger partial charge in [-0.2, -0.15) is 5.26 Å². The number of fused-ring (bicyclic) bond motifs is 3. The molecule has 1 saturated heterocycles. The number of hydrogen-bond donors (Lipinski definition) is 0. The Kier molecular flexibility index (Phi) is 5.19. The maximum Gasteiger partial charge on any atom is 0.102 e. The van der Waals surface area contributed by atoms with E-state index in [9.17, 15) is 5.26 Å². The summed E-state index contributed by atoms with van der Waals surface area (Å²) in [5.41, 5.74) is 8.98. The zero-order chi connectivity index (χ0) is 20.7. The van der Waals surface area contributed by atoms with Gasteiger partial charge in [-0.15, -0.1) is 0 Å². The summed E-state index contributed by atoms with van der Waals surface area (Å²) in [4.78, 5) is 2.44. The van der Waals surface area contributed by atoms with Crippen molar-refractivity contribution in [1.82, 2.24) is 0 Å². The van der Waals surface area contributed by atoms with E-state index in [-0.39, 0.29) is 0 Å². The number of anilines is 1. The minimum absolute atomic E-state index is 0.510. The van der Waals surface area contributed by atoms with Crippen LogP contribution < -0.4 is 4.90 Å². The Bertz CT molecular complexity index is 1170. The molecule has 2 nitrogen and oxygen atoms in total. The molecule has 0 unspecified atom stereocenters. The van der Waals surface area contributed by atoms with Gasteiger partial charge in [-0.1, -0.05) is 53.5 Å². The first-order chi connectivity index (χ1) is 14.7. The van der Waals surface area contributed by atoms with E-state index >= 15 is 0 Å². The fourth-order valence-corrected chi connectivity index (χ4v) is 5.23. The number of benzene rings is 3. The smallest absolute Gasteiger partial charge is 0.102 e. The maximum atomic E-state index is 10.3. The highest BCUT2D eigenvalue weighted by molar-refractivity contribution is 6.42. The van der Waals surface area contributed by atoms with Crippen LogP contribution in [0.5, 0.6) is 0 Å². The van der Waals surface area contributed by atoms with Crippen LogP contribution in [0.15, 0.2) is 48.5 Å². The second-order valence-electron chi connectivity index (χ2n) is 8.12. The number of nitrogens with zero attached hydrogens (tertiary/aromatic N) is 2. The summed E-state index contributed by atoms with van der Waals surface area (Å²) in [6.07, 6.45) is 5.59. The largest absolute Gasteiger partial charge is 0.370 e. The van der Waals surface area contributed by atoms with Crippen molar-refractivity contribution in [1.29, 1.82) is 5.26 Å². The zero-order valence-corrected chi connectivity index (χ0v) is 18.2. The number of nitriles is 1. The Labute approximate surface area is 187 Å². The molecule has 1 aliphatic carbocycles. The van der Waals surface area contributed by atoms with Crippen LogP contribution in [0, 0.1) is 11.3 Å². The Hall–Kier alpha value is -2.47. The molecule has 0 atom stereocenters. The van der Waals surface area contributed by atoms with Crippen LogP contribution in [0.2, 0.25) is 10.0 Å². The number of halogens is 2. The van der Waals surface area contributed by atoms with Crippen molar-refractivity contribution in [2.24, 2.45) is 0 Å².